The molecule has 0 unspecified atom stereocenters. The first-order valence-electron chi connectivity index (χ1n) is 9.31. The fourth-order valence-electron chi connectivity index (χ4n) is 2.88. The zero-order chi connectivity index (χ0) is 18.8. The summed E-state index contributed by atoms with van der Waals surface area (Å²) >= 11 is 7.35. The van der Waals surface area contributed by atoms with E-state index in [1.165, 1.54) is 37.4 Å². The number of amides is 1. The van der Waals surface area contributed by atoms with Gasteiger partial charge in [0.25, 0.3) is 0 Å². The Morgan fingerprint density at radius 1 is 1.26 bits per heavy atom. The molecule has 2 fully saturated rings. The lowest BCUT2D eigenvalue weighted by Gasteiger charge is -2.17. The summed E-state index contributed by atoms with van der Waals surface area (Å²) < 4.78 is 7.93. The first-order valence-corrected chi connectivity index (χ1v) is 10.7. The molecule has 0 aliphatic heterocycles. The number of nitrogens with zero attached hydrogens (tertiary/aromatic N) is 4. The highest BCUT2D eigenvalue weighted by molar-refractivity contribution is 7.99. The molecule has 2 aromatic rings. The molecule has 27 heavy (non-hydrogen) atoms. The molecule has 0 saturated heterocycles. The summed E-state index contributed by atoms with van der Waals surface area (Å²) in [5.74, 6) is 2.89. The molecule has 8 heteroatoms. The monoisotopic (exact) mass is 406 g/mol. The topological polar surface area (TPSA) is 60.2 Å². The van der Waals surface area contributed by atoms with Crippen molar-refractivity contribution in [2.75, 3.05) is 26.0 Å². The number of carbonyl (C=O) groups excluding carboxylic acids is 1. The van der Waals surface area contributed by atoms with Gasteiger partial charge in [0, 0.05) is 24.0 Å². The molecule has 2 aliphatic carbocycles. The standard InChI is InChI=1S/C19H23ClN4O2S/c1-23(10-11-26-16-8-4-14(20)5-9-16)17(25)12-27-19-22-21-18(13-2-3-13)24(19)15-6-7-15/h4-5,8-9,13,15H,2-3,6-7,10-12H2,1H3. The van der Waals surface area contributed by atoms with E-state index >= 15 is 0 Å². The quantitative estimate of drug-likeness (QED) is 0.593. The Balaban J connectivity index is 1.25. The molecular weight excluding hydrogens is 384 g/mol. The van der Waals surface area contributed by atoms with E-state index in [9.17, 15) is 4.79 Å². The molecule has 144 valence electrons. The van der Waals surface area contributed by atoms with Gasteiger partial charge in [-0.2, -0.15) is 0 Å². The Morgan fingerprint density at radius 2 is 2.00 bits per heavy atom. The van der Waals surface area contributed by atoms with Crippen molar-refractivity contribution < 1.29 is 9.53 Å². The van der Waals surface area contributed by atoms with Crippen molar-refractivity contribution in [3.63, 3.8) is 0 Å². The first-order chi connectivity index (χ1) is 13.1. The minimum absolute atomic E-state index is 0.0676. The van der Waals surface area contributed by atoms with Crippen molar-refractivity contribution in [2.24, 2.45) is 0 Å². The maximum absolute atomic E-state index is 12.4. The lowest BCUT2D eigenvalue weighted by molar-refractivity contribution is -0.127. The number of hydrogen-bond donors (Lipinski definition) is 0. The number of hydrogen-bond acceptors (Lipinski definition) is 5. The third-order valence-electron chi connectivity index (χ3n) is 4.80. The maximum Gasteiger partial charge on any atom is 0.232 e. The second kappa shape index (κ2) is 8.10. The van der Waals surface area contributed by atoms with E-state index in [0.717, 1.165) is 16.7 Å². The first kappa shape index (κ1) is 18.6. The lowest BCUT2D eigenvalue weighted by atomic mass is 10.3. The molecule has 0 atom stereocenters. The SMILES string of the molecule is CN(CCOc1ccc(Cl)cc1)C(=O)CSc1nnc(C2CC2)n1C1CC1. The number of ether oxygens (including phenoxy) is 1. The number of halogens is 1. The van der Waals surface area contributed by atoms with E-state index in [1.807, 2.05) is 12.1 Å². The van der Waals surface area contributed by atoms with Gasteiger partial charge in [-0.25, -0.2) is 0 Å². The van der Waals surface area contributed by atoms with Crippen molar-refractivity contribution in [2.45, 2.75) is 42.8 Å². The number of rotatable bonds is 9. The third-order valence-corrected chi connectivity index (χ3v) is 5.98. The molecule has 1 amide bonds. The van der Waals surface area contributed by atoms with Gasteiger partial charge >= 0.3 is 0 Å². The Hall–Kier alpha value is -1.73. The van der Waals surface area contributed by atoms with Crippen LogP contribution >= 0.6 is 23.4 Å². The fraction of sp³-hybridized carbons (Fsp3) is 0.526. The van der Waals surface area contributed by atoms with Gasteiger partial charge in [0.15, 0.2) is 5.16 Å². The molecule has 0 spiro atoms. The van der Waals surface area contributed by atoms with E-state index in [1.54, 1.807) is 24.1 Å². The largest absolute Gasteiger partial charge is 0.492 e. The smallest absolute Gasteiger partial charge is 0.232 e. The van der Waals surface area contributed by atoms with Crippen LogP contribution < -0.4 is 4.74 Å². The van der Waals surface area contributed by atoms with Crippen LogP contribution in [-0.2, 0) is 4.79 Å². The van der Waals surface area contributed by atoms with Crippen LogP contribution in [0.25, 0.3) is 0 Å². The summed E-state index contributed by atoms with van der Waals surface area (Å²) in [6, 6.07) is 7.76. The molecular formula is C19H23ClN4O2S. The molecule has 1 aromatic carbocycles. The number of likely N-dealkylation sites (N-methyl/N-ethyl adjacent to an activating group) is 1. The van der Waals surface area contributed by atoms with Crippen molar-refractivity contribution in [1.82, 2.24) is 19.7 Å². The number of benzene rings is 1. The van der Waals surface area contributed by atoms with Gasteiger partial charge in [0.2, 0.25) is 5.91 Å². The van der Waals surface area contributed by atoms with Crippen LogP contribution in [-0.4, -0.2) is 51.5 Å². The average molecular weight is 407 g/mol. The molecule has 2 aliphatic rings. The molecule has 1 heterocycles. The van der Waals surface area contributed by atoms with Crippen LogP contribution in [0.1, 0.15) is 43.5 Å². The highest BCUT2D eigenvalue weighted by Crippen LogP contribution is 2.45. The van der Waals surface area contributed by atoms with Gasteiger partial charge in [-0.3, -0.25) is 4.79 Å². The molecule has 0 radical (unpaired) electrons. The van der Waals surface area contributed by atoms with Crippen molar-refractivity contribution in [3.05, 3.63) is 35.1 Å². The molecule has 0 bridgehead atoms. The molecule has 0 N–H and O–H groups in total. The van der Waals surface area contributed by atoms with E-state index in [-0.39, 0.29) is 5.91 Å². The number of thioether (sulfide) groups is 1. The van der Waals surface area contributed by atoms with E-state index in [0.29, 0.717) is 35.9 Å². The van der Waals surface area contributed by atoms with Crippen LogP contribution in [0.4, 0.5) is 0 Å². The van der Waals surface area contributed by atoms with Crippen molar-refractivity contribution in [1.29, 1.82) is 0 Å². The Morgan fingerprint density at radius 3 is 2.67 bits per heavy atom. The summed E-state index contributed by atoms with van der Waals surface area (Å²) in [7, 11) is 1.80. The highest BCUT2D eigenvalue weighted by Gasteiger charge is 2.36. The second-order valence-electron chi connectivity index (χ2n) is 7.12. The minimum atomic E-state index is 0.0676. The second-order valence-corrected chi connectivity index (χ2v) is 8.50. The predicted molar refractivity (Wildman–Crippen MR) is 106 cm³/mol. The number of carbonyl (C=O) groups is 1. The fourth-order valence-corrected chi connectivity index (χ4v) is 3.95. The Kier molecular flexibility index (Phi) is 5.59. The van der Waals surface area contributed by atoms with Crippen LogP contribution in [0.3, 0.4) is 0 Å². The summed E-state index contributed by atoms with van der Waals surface area (Å²) in [6.45, 7) is 0.975. The summed E-state index contributed by atoms with van der Waals surface area (Å²) in [6.07, 6.45) is 4.82. The highest BCUT2D eigenvalue weighted by atomic mass is 35.5. The van der Waals surface area contributed by atoms with Gasteiger partial charge in [0.1, 0.15) is 18.2 Å². The Labute approximate surface area is 168 Å². The molecule has 6 nitrogen and oxygen atoms in total. The van der Waals surface area contributed by atoms with Crippen LogP contribution in [0.15, 0.2) is 29.4 Å². The normalized spacial score (nSPS) is 16.4. The molecule has 4 rings (SSSR count). The zero-order valence-corrected chi connectivity index (χ0v) is 16.9. The summed E-state index contributed by atoms with van der Waals surface area (Å²) in [5.41, 5.74) is 0. The summed E-state index contributed by atoms with van der Waals surface area (Å²) in [5, 5.41) is 10.3. The van der Waals surface area contributed by atoms with Gasteiger partial charge in [-0.1, -0.05) is 23.4 Å². The molecule has 2 saturated carbocycles. The third kappa shape index (κ3) is 4.76. The van der Waals surface area contributed by atoms with E-state index in [2.05, 4.69) is 14.8 Å². The lowest BCUT2D eigenvalue weighted by Crippen LogP contribution is -2.32. The summed E-state index contributed by atoms with van der Waals surface area (Å²) in [4.78, 5) is 14.1. The minimum Gasteiger partial charge on any atom is -0.492 e. The number of aromatic nitrogens is 3. The van der Waals surface area contributed by atoms with Gasteiger partial charge in [-0.05, 0) is 49.9 Å². The van der Waals surface area contributed by atoms with Crippen molar-refractivity contribution in [3.8, 4) is 5.75 Å². The van der Waals surface area contributed by atoms with Crippen LogP contribution in [0, 0.1) is 0 Å². The van der Waals surface area contributed by atoms with Crippen molar-refractivity contribution >= 4 is 29.3 Å². The van der Waals surface area contributed by atoms with Crippen LogP contribution in [0.5, 0.6) is 5.75 Å². The maximum atomic E-state index is 12.4. The predicted octanol–water partition coefficient (Wildman–Crippen LogP) is 3.77. The van der Waals surface area contributed by atoms with Gasteiger partial charge < -0.3 is 14.2 Å². The van der Waals surface area contributed by atoms with Crippen LogP contribution in [0.2, 0.25) is 5.02 Å². The Bertz CT molecular complexity index is 803. The van der Waals surface area contributed by atoms with Gasteiger partial charge in [0.05, 0.1) is 12.3 Å². The zero-order valence-electron chi connectivity index (χ0n) is 15.3. The average Bonchev–Trinajstić information content (AvgIpc) is 3.60. The molecule has 1 aromatic heterocycles. The van der Waals surface area contributed by atoms with E-state index in [4.69, 9.17) is 16.3 Å². The van der Waals surface area contributed by atoms with Gasteiger partial charge in [-0.15, -0.1) is 10.2 Å². The van der Waals surface area contributed by atoms with E-state index < -0.39 is 0 Å².